The van der Waals surface area contributed by atoms with Gasteiger partial charge in [-0.1, -0.05) is 66.4 Å². The second-order valence-corrected chi connectivity index (χ2v) is 8.22. The van der Waals surface area contributed by atoms with E-state index in [0.717, 1.165) is 22.6 Å². The minimum Gasteiger partial charge on any atom is -0.495 e. The molecule has 4 rings (SSSR count). The summed E-state index contributed by atoms with van der Waals surface area (Å²) >= 11 is 1.36. The first-order valence-corrected chi connectivity index (χ1v) is 11.2. The highest BCUT2D eigenvalue weighted by Crippen LogP contribution is 2.26. The number of carbonyl (C=O) groups excluding carboxylic acids is 1. The van der Waals surface area contributed by atoms with E-state index >= 15 is 0 Å². The fraction of sp³-hybridized carbons (Fsp3) is 0.160. The van der Waals surface area contributed by atoms with Crippen molar-refractivity contribution in [2.24, 2.45) is 0 Å². The topological polar surface area (TPSA) is 69.0 Å². The number of ether oxygens (including phenoxy) is 1. The summed E-state index contributed by atoms with van der Waals surface area (Å²) < 4.78 is 7.34. The number of methoxy groups -OCH3 is 1. The van der Waals surface area contributed by atoms with E-state index in [1.807, 2.05) is 59.2 Å². The Bertz CT molecular complexity index is 1210. The van der Waals surface area contributed by atoms with Crippen LogP contribution in [0.5, 0.6) is 5.75 Å². The molecule has 1 heterocycles. The summed E-state index contributed by atoms with van der Waals surface area (Å²) in [7, 11) is 1.58. The maximum atomic E-state index is 12.6. The SMILES string of the molecule is COc1ccccc1NC(=O)CSc1nnc(Cc2ccccc2)n1-c1cccc(C)c1. The second kappa shape index (κ2) is 10.2. The molecule has 0 aliphatic heterocycles. The number of thioether (sulfide) groups is 1. The number of nitrogens with zero attached hydrogens (tertiary/aromatic N) is 3. The first-order valence-electron chi connectivity index (χ1n) is 10.2. The van der Waals surface area contributed by atoms with Gasteiger partial charge in [0.25, 0.3) is 0 Å². The Morgan fingerprint density at radius 3 is 2.56 bits per heavy atom. The van der Waals surface area contributed by atoms with Crippen LogP contribution in [-0.2, 0) is 11.2 Å². The fourth-order valence-corrected chi connectivity index (χ4v) is 4.15. The number of hydrogen-bond donors (Lipinski definition) is 1. The number of para-hydroxylation sites is 2. The van der Waals surface area contributed by atoms with Gasteiger partial charge in [0.05, 0.1) is 18.6 Å². The number of rotatable bonds is 8. The molecule has 32 heavy (non-hydrogen) atoms. The highest BCUT2D eigenvalue weighted by Gasteiger charge is 2.17. The van der Waals surface area contributed by atoms with Crippen LogP contribution in [0.25, 0.3) is 5.69 Å². The van der Waals surface area contributed by atoms with Crippen molar-refractivity contribution in [3.63, 3.8) is 0 Å². The second-order valence-electron chi connectivity index (χ2n) is 7.27. The van der Waals surface area contributed by atoms with Gasteiger partial charge in [-0.25, -0.2) is 0 Å². The summed E-state index contributed by atoms with van der Waals surface area (Å²) in [6.07, 6.45) is 0.649. The molecule has 0 spiro atoms. The van der Waals surface area contributed by atoms with Crippen molar-refractivity contribution >= 4 is 23.4 Å². The van der Waals surface area contributed by atoms with Gasteiger partial charge in [-0.15, -0.1) is 10.2 Å². The minimum atomic E-state index is -0.136. The van der Waals surface area contributed by atoms with Crippen molar-refractivity contribution in [3.05, 3.63) is 95.8 Å². The van der Waals surface area contributed by atoms with E-state index in [2.05, 4.69) is 46.7 Å². The van der Waals surface area contributed by atoms with Crippen LogP contribution in [0, 0.1) is 6.92 Å². The summed E-state index contributed by atoms with van der Waals surface area (Å²) in [5.41, 5.74) is 3.92. The lowest BCUT2D eigenvalue weighted by Crippen LogP contribution is -2.15. The molecule has 0 saturated carbocycles. The van der Waals surface area contributed by atoms with E-state index in [0.29, 0.717) is 23.0 Å². The van der Waals surface area contributed by atoms with Crippen LogP contribution in [0.1, 0.15) is 17.0 Å². The highest BCUT2D eigenvalue weighted by atomic mass is 32.2. The van der Waals surface area contributed by atoms with Gasteiger partial charge in [0.15, 0.2) is 5.16 Å². The summed E-state index contributed by atoms with van der Waals surface area (Å²) in [6, 6.07) is 25.7. The number of aryl methyl sites for hydroxylation is 1. The van der Waals surface area contributed by atoms with Crippen LogP contribution >= 0.6 is 11.8 Å². The number of nitrogens with one attached hydrogen (secondary N) is 1. The molecule has 6 nitrogen and oxygen atoms in total. The zero-order valence-corrected chi connectivity index (χ0v) is 18.8. The minimum absolute atomic E-state index is 0.136. The van der Waals surface area contributed by atoms with E-state index in [1.54, 1.807) is 7.11 Å². The Labute approximate surface area is 191 Å². The van der Waals surface area contributed by atoms with Crippen molar-refractivity contribution in [3.8, 4) is 11.4 Å². The van der Waals surface area contributed by atoms with Crippen molar-refractivity contribution < 1.29 is 9.53 Å². The summed E-state index contributed by atoms with van der Waals surface area (Å²) in [6.45, 7) is 2.05. The monoisotopic (exact) mass is 444 g/mol. The lowest BCUT2D eigenvalue weighted by atomic mass is 10.1. The van der Waals surface area contributed by atoms with Gasteiger partial charge >= 0.3 is 0 Å². The molecule has 162 valence electrons. The number of benzene rings is 3. The molecule has 7 heteroatoms. The molecule has 0 aliphatic carbocycles. The first-order chi connectivity index (χ1) is 15.6. The summed E-state index contributed by atoms with van der Waals surface area (Å²) in [5.74, 6) is 1.52. The van der Waals surface area contributed by atoms with Crippen LogP contribution in [0.15, 0.2) is 84.0 Å². The van der Waals surface area contributed by atoms with E-state index in [9.17, 15) is 4.79 Å². The standard InChI is InChI=1S/C25H24N4O2S/c1-18-9-8-12-20(15-18)29-23(16-19-10-4-3-5-11-19)27-28-25(29)32-17-24(30)26-21-13-6-7-14-22(21)31-2/h3-15H,16-17H2,1-2H3,(H,26,30). The molecule has 4 aromatic rings. The molecule has 0 unspecified atom stereocenters. The van der Waals surface area contributed by atoms with Gasteiger partial charge in [0, 0.05) is 12.1 Å². The average Bonchev–Trinajstić information content (AvgIpc) is 3.21. The van der Waals surface area contributed by atoms with Gasteiger partial charge in [-0.05, 0) is 42.3 Å². The van der Waals surface area contributed by atoms with Crippen molar-refractivity contribution in [2.75, 3.05) is 18.2 Å². The third-order valence-corrected chi connectivity index (χ3v) is 5.81. The lowest BCUT2D eigenvalue weighted by Gasteiger charge is -2.12. The molecule has 0 aliphatic rings. The molecule has 0 fully saturated rings. The molecule has 0 radical (unpaired) electrons. The van der Waals surface area contributed by atoms with Crippen molar-refractivity contribution in [1.82, 2.24) is 14.8 Å². The highest BCUT2D eigenvalue weighted by molar-refractivity contribution is 7.99. The summed E-state index contributed by atoms with van der Waals surface area (Å²) in [5, 5.41) is 12.4. The molecule has 1 amide bonds. The average molecular weight is 445 g/mol. The van der Waals surface area contributed by atoms with Crippen LogP contribution < -0.4 is 10.1 Å². The zero-order valence-electron chi connectivity index (χ0n) is 18.0. The third-order valence-electron chi connectivity index (χ3n) is 4.88. The van der Waals surface area contributed by atoms with E-state index in [4.69, 9.17) is 4.74 Å². The van der Waals surface area contributed by atoms with Crippen LogP contribution in [0.4, 0.5) is 5.69 Å². The Kier molecular flexibility index (Phi) is 6.87. The van der Waals surface area contributed by atoms with E-state index in [1.165, 1.54) is 11.8 Å². The van der Waals surface area contributed by atoms with Crippen LogP contribution in [-0.4, -0.2) is 33.5 Å². The van der Waals surface area contributed by atoms with Crippen molar-refractivity contribution in [2.45, 2.75) is 18.5 Å². The Hall–Kier alpha value is -3.58. The molecule has 3 aromatic carbocycles. The third kappa shape index (κ3) is 5.18. The lowest BCUT2D eigenvalue weighted by molar-refractivity contribution is -0.113. The smallest absolute Gasteiger partial charge is 0.234 e. The van der Waals surface area contributed by atoms with E-state index < -0.39 is 0 Å². The molecule has 1 aromatic heterocycles. The maximum absolute atomic E-state index is 12.6. The molecule has 0 bridgehead atoms. The van der Waals surface area contributed by atoms with Gasteiger partial charge in [-0.2, -0.15) is 0 Å². The molecule has 1 N–H and O–H groups in total. The van der Waals surface area contributed by atoms with Crippen LogP contribution in [0.3, 0.4) is 0 Å². The van der Waals surface area contributed by atoms with Gasteiger partial charge in [0.1, 0.15) is 11.6 Å². The predicted octanol–water partition coefficient (Wildman–Crippen LogP) is 4.91. The summed E-state index contributed by atoms with van der Waals surface area (Å²) in [4.78, 5) is 12.6. The Morgan fingerprint density at radius 2 is 1.78 bits per heavy atom. The first kappa shape index (κ1) is 21.6. The van der Waals surface area contributed by atoms with E-state index in [-0.39, 0.29) is 11.7 Å². The maximum Gasteiger partial charge on any atom is 0.234 e. The number of amides is 1. The predicted molar refractivity (Wildman–Crippen MR) is 128 cm³/mol. The number of hydrogen-bond acceptors (Lipinski definition) is 5. The largest absolute Gasteiger partial charge is 0.495 e. The van der Waals surface area contributed by atoms with Gasteiger partial charge < -0.3 is 10.1 Å². The zero-order chi connectivity index (χ0) is 22.3. The Balaban J connectivity index is 1.56. The number of aromatic nitrogens is 3. The number of carbonyl (C=O) groups is 1. The van der Waals surface area contributed by atoms with Gasteiger partial charge in [0.2, 0.25) is 5.91 Å². The Morgan fingerprint density at radius 1 is 1.00 bits per heavy atom. The van der Waals surface area contributed by atoms with Gasteiger partial charge in [-0.3, -0.25) is 9.36 Å². The number of anilines is 1. The normalized spacial score (nSPS) is 10.7. The fourth-order valence-electron chi connectivity index (χ4n) is 3.38. The van der Waals surface area contributed by atoms with Crippen molar-refractivity contribution in [1.29, 1.82) is 0 Å². The molecular weight excluding hydrogens is 420 g/mol. The molecule has 0 atom stereocenters. The molecule has 0 saturated heterocycles. The molecular formula is C25H24N4O2S. The quantitative estimate of drug-likeness (QED) is 0.391. The van der Waals surface area contributed by atoms with Crippen LogP contribution in [0.2, 0.25) is 0 Å².